The number of aliphatic hydroxyl groups excluding tert-OH is 1. The van der Waals surface area contributed by atoms with E-state index in [1.807, 2.05) is 19.1 Å². The zero-order chi connectivity index (χ0) is 22.3. The molecule has 0 radical (unpaired) electrons. The third-order valence-electron chi connectivity index (χ3n) is 5.14. The first-order valence-corrected chi connectivity index (χ1v) is 10.2. The van der Waals surface area contributed by atoms with E-state index in [9.17, 15) is 24.8 Å². The number of aryl methyl sites for hydroxylation is 2. The molecule has 156 valence electrons. The van der Waals surface area contributed by atoms with E-state index in [-0.39, 0.29) is 17.0 Å². The average Bonchev–Trinajstić information content (AvgIpc) is 3.36. The maximum atomic E-state index is 13.0. The minimum absolute atomic E-state index is 0.0808. The second-order valence-electron chi connectivity index (χ2n) is 7.15. The van der Waals surface area contributed by atoms with Gasteiger partial charge in [0.1, 0.15) is 5.76 Å². The number of carbonyl (C=O) groups is 2. The van der Waals surface area contributed by atoms with Gasteiger partial charge >= 0.3 is 5.91 Å². The van der Waals surface area contributed by atoms with Gasteiger partial charge in [-0.2, -0.15) is 0 Å². The van der Waals surface area contributed by atoms with Gasteiger partial charge in [0, 0.05) is 29.3 Å². The molecule has 1 unspecified atom stereocenters. The zero-order valence-electron chi connectivity index (χ0n) is 16.6. The maximum Gasteiger partial charge on any atom is 0.301 e. The lowest BCUT2D eigenvalue weighted by molar-refractivity contribution is -0.384. The van der Waals surface area contributed by atoms with Crippen molar-refractivity contribution in [3.63, 3.8) is 0 Å². The lowest BCUT2D eigenvalue weighted by Gasteiger charge is -2.23. The Morgan fingerprint density at radius 3 is 2.48 bits per heavy atom. The first kappa shape index (κ1) is 20.4. The Kier molecular flexibility index (Phi) is 5.12. The summed E-state index contributed by atoms with van der Waals surface area (Å²) in [5, 5.41) is 24.2. The Labute approximate surface area is 181 Å². The van der Waals surface area contributed by atoms with Crippen LogP contribution in [-0.4, -0.2) is 26.7 Å². The minimum Gasteiger partial charge on any atom is -0.507 e. The highest BCUT2D eigenvalue weighted by Crippen LogP contribution is 2.43. The summed E-state index contributed by atoms with van der Waals surface area (Å²) in [7, 11) is 0. The Bertz CT molecular complexity index is 1230. The number of aliphatic hydroxyl groups is 1. The molecule has 31 heavy (non-hydrogen) atoms. The molecule has 0 spiro atoms. The summed E-state index contributed by atoms with van der Waals surface area (Å²) in [5.74, 6) is -1.94. The Morgan fingerprint density at radius 1 is 1.16 bits per heavy atom. The summed E-state index contributed by atoms with van der Waals surface area (Å²) in [6.45, 7) is 3.66. The molecule has 0 bridgehead atoms. The SMILES string of the molecule is Cc1ccc(C)c(/C(O)=C2\C(=O)C(=O)N(c3nccs3)C2c2ccc([N+](=O)[O-])cc2)c1. The number of ketones is 1. The van der Waals surface area contributed by atoms with Crippen LogP contribution in [0.15, 0.2) is 59.6 Å². The van der Waals surface area contributed by atoms with Crippen molar-refractivity contribution < 1.29 is 19.6 Å². The fourth-order valence-corrected chi connectivity index (χ4v) is 4.26. The number of Topliss-reactive ketones (excluding diaryl/α,β-unsaturated/α-hetero) is 1. The number of non-ortho nitro benzene ring substituents is 1. The second-order valence-corrected chi connectivity index (χ2v) is 8.02. The molecule has 3 aromatic rings. The zero-order valence-corrected chi connectivity index (χ0v) is 17.4. The van der Waals surface area contributed by atoms with Crippen LogP contribution < -0.4 is 4.90 Å². The lowest BCUT2D eigenvalue weighted by atomic mass is 9.93. The molecule has 1 N–H and O–H groups in total. The van der Waals surface area contributed by atoms with Crippen molar-refractivity contribution in [1.29, 1.82) is 0 Å². The lowest BCUT2D eigenvalue weighted by Crippen LogP contribution is -2.29. The Morgan fingerprint density at radius 2 is 1.87 bits per heavy atom. The van der Waals surface area contributed by atoms with Crippen molar-refractivity contribution in [2.24, 2.45) is 0 Å². The molecule has 1 fully saturated rings. The van der Waals surface area contributed by atoms with Crippen LogP contribution in [-0.2, 0) is 9.59 Å². The number of carbonyl (C=O) groups excluding carboxylic acids is 2. The highest BCUT2D eigenvalue weighted by atomic mass is 32.1. The molecule has 2 aromatic carbocycles. The number of nitrogens with zero attached hydrogens (tertiary/aromatic N) is 3. The molecule has 8 nitrogen and oxygen atoms in total. The van der Waals surface area contributed by atoms with Crippen LogP contribution >= 0.6 is 11.3 Å². The maximum absolute atomic E-state index is 13.0. The van der Waals surface area contributed by atoms with Crippen molar-refractivity contribution in [3.05, 3.63) is 92.0 Å². The van der Waals surface area contributed by atoms with E-state index in [2.05, 4.69) is 4.98 Å². The Hall–Kier alpha value is -3.85. The summed E-state index contributed by atoms with van der Waals surface area (Å²) < 4.78 is 0. The predicted molar refractivity (Wildman–Crippen MR) is 116 cm³/mol. The van der Waals surface area contributed by atoms with Gasteiger partial charge in [0.2, 0.25) is 0 Å². The van der Waals surface area contributed by atoms with E-state index in [4.69, 9.17) is 0 Å². The van der Waals surface area contributed by atoms with Crippen LogP contribution in [0.5, 0.6) is 0 Å². The quantitative estimate of drug-likeness (QED) is 0.215. The standard InChI is InChI=1S/C22H17N3O5S/c1-12-3-4-13(2)16(11-12)19(26)17-18(14-5-7-15(8-6-14)25(29)30)24(21(28)20(17)27)22-23-9-10-31-22/h3-11,18,26H,1-2H3/b19-17+. The molecule has 1 aliphatic heterocycles. The van der Waals surface area contributed by atoms with Crippen molar-refractivity contribution in [1.82, 2.24) is 4.98 Å². The molecule has 0 saturated carbocycles. The number of nitro groups is 1. The van der Waals surface area contributed by atoms with Crippen LogP contribution in [0, 0.1) is 24.0 Å². The highest BCUT2D eigenvalue weighted by Gasteiger charge is 2.48. The van der Waals surface area contributed by atoms with Gasteiger partial charge in [-0.25, -0.2) is 4.98 Å². The van der Waals surface area contributed by atoms with Gasteiger partial charge < -0.3 is 5.11 Å². The van der Waals surface area contributed by atoms with E-state index >= 15 is 0 Å². The van der Waals surface area contributed by atoms with Gasteiger partial charge in [0.25, 0.3) is 11.5 Å². The van der Waals surface area contributed by atoms with Gasteiger partial charge in [-0.1, -0.05) is 17.7 Å². The first-order valence-electron chi connectivity index (χ1n) is 9.32. The molecule has 2 heterocycles. The molecule has 0 aliphatic carbocycles. The normalized spacial score (nSPS) is 17.9. The molecule has 4 rings (SSSR count). The number of hydrogen-bond donors (Lipinski definition) is 1. The summed E-state index contributed by atoms with van der Waals surface area (Å²) >= 11 is 1.18. The number of amides is 1. The van der Waals surface area contributed by atoms with E-state index < -0.39 is 22.7 Å². The van der Waals surface area contributed by atoms with Crippen molar-refractivity contribution in [2.45, 2.75) is 19.9 Å². The van der Waals surface area contributed by atoms with Crippen LogP contribution in [0.25, 0.3) is 5.76 Å². The van der Waals surface area contributed by atoms with Crippen LogP contribution in [0.4, 0.5) is 10.8 Å². The number of hydrogen-bond acceptors (Lipinski definition) is 7. The molecule has 1 atom stereocenters. The number of thiazole rings is 1. The molecule has 9 heteroatoms. The van der Waals surface area contributed by atoms with Crippen molar-refractivity contribution in [3.8, 4) is 0 Å². The molecule has 1 amide bonds. The number of benzene rings is 2. The van der Waals surface area contributed by atoms with Crippen molar-refractivity contribution >= 4 is 39.6 Å². The highest BCUT2D eigenvalue weighted by molar-refractivity contribution is 7.14. The van der Waals surface area contributed by atoms with Gasteiger partial charge in [0.15, 0.2) is 5.13 Å². The minimum atomic E-state index is -0.966. The summed E-state index contributed by atoms with van der Waals surface area (Å²) in [4.78, 5) is 41.9. The monoisotopic (exact) mass is 435 g/mol. The largest absolute Gasteiger partial charge is 0.507 e. The van der Waals surface area contributed by atoms with Crippen LogP contribution in [0.3, 0.4) is 0 Å². The summed E-state index contributed by atoms with van der Waals surface area (Å²) in [5.41, 5.74) is 2.32. The average molecular weight is 435 g/mol. The van der Waals surface area contributed by atoms with Gasteiger partial charge in [-0.15, -0.1) is 11.3 Å². The number of nitro benzene ring substituents is 1. The fraction of sp³-hybridized carbons (Fsp3) is 0.136. The number of rotatable bonds is 4. The number of aromatic nitrogens is 1. The van der Waals surface area contributed by atoms with Crippen LogP contribution in [0.1, 0.15) is 28.3 Å². The van der Waals surface area contributed by atoms with Gasteiger partial charge in [-0.05, 0) is 43.2 Å². The van der Waals surface area contributed by atoms with Crippen LogP contribution in [0.2, 0.25) is 0 Å². The summed E-state index contributed by atoms with van der Waals surface area (Å²) in [6.07, 6.45) is 1.51. The molecule has 1 saturated heterocycles. The molecular weight excluding hydrogens is 418 g/mol. The number of anilines is 1. The topological polar surface area (TPSA) is 114 Å². The predicted octanol–water partition coefficient (Wildman–Crippen LogP) is 4.29. The smallest absolute Gasteiger partial charge is 0.301 e. The summed E-state index contributed by atoms with van der Waals surface area (Å²) in [6, 6.07) is 10.0. The van der Waals surface area contributed by atoms with Gasteiger partial charge in [0.05, 0.1) is 16.5 Å². The fourth-order valence-electron chi connectivity index (χ4n) is 3.59. The van der Waals surface area contributed by atoms with E-state index in [1.54, 1.807) is 18.4 Å². The molecule has 1 aromatic heterocycles. The third-order valence-corrected chi connectivity index (χ3v) is 5.91. The van der Waals surface area contributed by atoms with E-state index in [0.29, 0.717) is 16.3 Å². The molecule has 1 aliphatic rings. The Balaban J connectivity index is 1.95. The van der Waals surface area contributed by atoms with Gasteiger partial charge in [-0.3, -0.25) is 24.6 Å². The van der Waals surface area contributed by atoms with E-state index in [1.165, 1.54) is 46.7 Å². The third kappa shape index (κ3) is 3.49. The second kappa shape index (κ2) is 7.77. The van der Waals surface area contributed by atoms with Crippen molar-refractivity contribution in [2.75, 3.05) is 4.90 Å². The molecular formula is C22H17N3O5S. The first-order chi connectivity index (χ1) is 14.8. The van der Waals surface area contributed by atoms with E-state index in [0.717, 1.165) is 11.1 Å².